The summed E-state index contributed by atoms with van der Waals surface area (Å²) < 4.78 is 11.3. The quantitative estimate of drug-likeness (QED) is 0.220. The van der Waals surface area contributed by atoms with E-state index in [1.807, 2.05) is 0 Å². The second kappa shape index (κ2) is 10.9. The van der Waals surface area contributed by atoms with Gasteiger partial charge in [0.15, 0.2) is 0 Å². The lowest BCUT2D eigenvalue weighted by Crippen LogP contribution is -2.45. The number of nitrogens with zero attached hydrogens (tertiary/aromatic N) is 2. The number of carboxylic acids is 1. The average Bonchev–Trinajstić information content (AvgIpc) is 3.02. The van der Waals surface area contributed by atoms with E-state index >= 15 is 0 Å². The Morgan fingerprint density at radius 2 is 0.977 bits per heavy atom. The van der Waals surface area contributed by atoms with Crippen LogP contribution in [0.1, 0.15) is 62.1 Å². The van der Waals surface area contributed by atoms with Crippen molar-refractivity contribution in [1.29, 1.82) is 0 Å². The van der Waals surface area contributed by atoms with Gasteiger partial charge in [0.25, 0.3) is 23.6 Å². The van der Waals surface area contributed by atoms with E-state index in [1.54, 1.807) is 24.3 Å². The highest BCUT2D eigenvalue weighted by Crippen LogP contribution is 2.37. The molecule has 4 aromatic carbocycles. The molecule has 0 bridgehead atoms. The van der Waals surface area contributed by atoms with Gasteiger partial charge in [-0.05, 0) is 72.8 Å². The maximum Gasteiger partial charge on any atom is 0.335 e. The first-order valence-electron chi connectivity index (χ1n) is 13.2. The van der Waals surface area contributed by atoms with Crippen LogP contribution in [0.2, 0.25) is 0 Å². The maximum atomic E-state index is 13.4. The van der Waals surface area contributed by atoms with Gasteiger partial charge in [-0.15, -0.1) is 0 Å². The second-order valence-corrected chi connectivity index (χ2v) is 9.81. The summed E-state index contributed by atoms with van der Waals surface area (Å²) in [7, 11) is 0. The zero-order valence-electron chi connectivity index (χ0n) is 22.4. The van der Waals surface area contributed by atoms with E-state index in [0.717, 1.165) is 9.80 Å². The van der Waals surface area contributed by atoms with Crippen molar-refractivity contribution >= 4 is 46.7 Å². The minimum absolute atomic E-state index is 0.0181. The minimum atomic E-state index is -1.07. The Hall–Kier alpha value is -5.84. The number of hydrogen-bond acceptors (Lipinski definition) is 8. The first kappa shape index (κ1) is 27.3. The van der Waals surface area contributed by atoms with Crippen molar-refractivity contribution in [3.63, 3.8) is 0 Å². The van der Waals surface area contributed by atoms with E-state index in [-0.39, 0.29) is 64.9 Å². The van der Waals surface area contributed by atoms with Crippen molar-refractivity contribution in [2.45, 2.75) is 0 Å². The molecular formula is C32H22N2O9. The van der Waals surface area contributed by atoms with Crippen molar-refractivity contribution in [3.05, 3.63) is 106 Å². The Labute approximate surface area is 243 Å². The third kappa shape index (κ3) is 4.76. The van der Waals surface area contributed by atoms with Gasteiger partial charge in [-0.25, -0.2) is 4.79 Å². The van der Waals surface area contributed by atoms with Gasteiger partial charge in [-0.1, -0.05) is 0 Å². The highest BCUT2D eigenvalue weighted by Gasteiger charge is 2.39. The van der Waals surface area contributed by atoms with E-state index < -0.39 is 29.6 Å². The topological polar surface area (TPSA) is 148 Å². The molecule has 0 radical (unpaired) electrons. The first-order valence-corrected chi connectivity index (χ1v) is 13.2. The summed E-state index contributed by atoms with van der Waals surface area (Å²) in [4.78, 5) is 77.6. The largest absolute Gasteiger partial charge is 0.492 e. The molecule has 2 heterocycles. The number of carboxylic acid groups (broad SMARTS) is 1. The SMILES string of the molecule is O=Cc1ccc(OCCN2C(=O)c3ccc4c5c(ccc(c35)C2=O)C(=O)N(CCOc2ccc(C(=O)O)cc2)C4=O)cc1. The molecule has 0 saturated carbocycles. The van der Waals surface area contributed by atoms with Crippen LogP contribution in [0.4, 0.5) is 0 Å². The number of hydrogen-bond donors (Lipinski definition) is 1. The summed E-state index contributed by atoms with van der Waals surface area (Å²) in [5.41, 5.74) is 1.37. The van der Waals surface area contributed by atoms with Crippen LogP contribution in [0, 0.1) is 0 Å². The molecule has 1 N–H and O–H groups in total. The molecule has 4 aromatic rings. The van der Waals surface area contributed by atoms with Gasteiger partial charge in [-0.3, -0.25) is 33.8 Å². The molecule has 0 fully saturated rings. The van der Waals surface area contributed by atoms with Crippen LogP contribution in [0.25, 0.3) is 10.8 Å². The fourth-order valence-corrected chi connectivity index (χ4v) is 5.23. The van der Waals surface area contributed by atoms with Crippen molar-refractivity contribution in [2.24, 2.45) is 0 Å². The summed E-state index contributed by atoms with van der Waals surface area (Å²) in [5, 5.41) is 9.56. The second-order valence-electron chi connectivity index (χ2n) is 9.81. The van der Waals surface area contributed by atoms with Crippen molar-refractivity contribution in [3.8, 4) is 11.5 Å². The highest BCUT2D eigenvalue weighted by molar-refractivity contribution is 6.33. The Bertz CT molecular complexity index is 1780. The maximum absolute atomic E-state index is 13.4. The lowest BCUT2D eigenvalue weighted by Gasteiger charge is -2.31. The summed E-state index contributed by atoms with van der Waals surface area (Å²) in [5.74, 6) is -2.51. The van der Waals surface area contributed by atoms with Crippen LogP contribution in [-0.4, -0.2) is 77.1 Å². The predicted octanol–water partition coefficient (Wildman–Crippen LogP) is 3.70. The molecule has 2 aliphatic heterocycles. The van der Waals surface area contributed by atoms with Crippen molar-refractivity contribution < 1.29 is 43.3 Å². The van der Waals surface area contributed by atoms with Crippen LogP contribution in [0.5, 0.6) is 11.5 Å². The molecule has 4 amide bonds. The number of imide groups is 2. The molecule has 6 rings (SSSR count). The van der Waals surface area contributed by atoms with Crippen molar-refractivity contribution in [2.75, 3.05) is 26.3 Å². The van der Waals surface area contributed by atoms with Crippen LogP contribution >= 0.6 is 0 Å². The molecule has 0 saturated heterocycles. The first-order chi connectivity index (χ1) is 20.8. The molecular weight excluding hydrogens is 556 g/mol. The number of carbonyl (C=O) groups is 6. The van der Waals surface area contributed by atoms with E-state index in [0.29, 0.717) is 23.3 Å². The highest BCUT2D eigenvalue weighted by atomic mass is 16.5. The monoisotopic (exact) mass is 578 g/mol. The van der Waals surface area contributed by atoms with Crippen molar-refractivity contribution in [1.82, 2.24) is 9.80 Å². The van der Waals surface area contributed by atoms with E-state index in [1.165, 1.54) is 48.5 Å². The molecule has 43 heavy (non-hydrogen) atoms. The van der Waals surface area contributed by atoms with Gasteiger partial charge in [0, 0.05) is 38.6 Å². The number of rotatable bonds is 10. The zero-order valence-corrected chi connectivity index (χ0v) is 22.4. The normalized spacial score (nSPS) is 13.9. The number of carbonyl (C=O) groups excluding carboxylic acids is 5. The number of aldehydes is 1. The van der Waals surface area contributed by atoms with Gasteiger partial charge >= 0.3 is 5.97 Å². The molecule has 11 nitrogen and oxygen atoms in total. The van der Waals surface area contributed by atoms with Gasteiger partial charge in [0.1, 0.15) is 31.0 Å². The standard InChI is InChI=1S/C32H22N2O9/c35-17-18-1-5-20(6-2-18)42-15-13-33-28(36)22-9-11-24-27-25(12-10-23(26(22)27)29(33)37)31(39)34(30(24)38)14-16-43-21-7-3-19(4-8-21)32(40)41/h1-12,17H,13-16H2,(H,40,41). The molecule has 0 unspecified atom stereocenters. The van der Waals surface area contributed by atoms with Gasteiger partial charge in [0.05, 0.1) is 18.7 Å². The van der Waals surface area contributed by atoms with Crippen LogP contribution < -0.4 is 9.47 Å². The molecule has 0 aromatic heterocycles. The third-order valence-electron chi connectivity index (χ3n) is 7.35. The Balaban J connectivity index is 1.20. The molecule has 214 valence electrons. The summed E-state index contributed by atoms with van der Waals surface area (Å²) in [6.07, 6.45) is 0.711. The van der Waals surface area contributed by atoms with Crippen LogP contribution in [-0.2, 0) is 0 Å². The molecule has 2 aliphatic rings. The molecule has 0 spiro atoms. The molecule has 0 aliphatic carbocycles. The van der Waals surface area contributed by atoms with Crippen LogP contribution in [0.15, 0.2) is 72.8 Å². The van der Waals surface area contributed by atoms with Gasteiger partial charge in [-0.2, -0.15) is 0 Å². The predicted molar refractivity (Wildman–Crippen MR) is 151 cm³/mol. The number of ether oxygens (including phenoxy) is 2. The van der Waals surface area contributed by atoms with E-state index in [2.05, 4.69) is 0 Å². The Morgan fingerprint density at radius 1 is 0.605 bits per heavy atom. The van der Waals surface area contributed by atoms with E-state index in [4.69, 9.17) is 14.6 Å². The number of aromatic carboxylic acids is 1. The zero-order chi connectivity index (χ0) is 30.2. The number of amides is 4. The lowest BCUT2D eigenvalue weighted by atomic mass is 9.86. The Morgan fingerprint density at radius 3 is 1.33 bits per heavy atom. The summed E-state index contributed by atoms with van der Waals surface area (Å²) in [6.45, 7) is -0.132. The van der Waals surface area contributed by atoms with Gasteiger partial charge < -0.3 is 14.6 Å². The van der Waals surface area contributed by atoms with Gasteiger partial charge in [0.2, 0.25) is 0 Å². The smallest absolute Gasteiger partial charge is 0.335 e. The average molecular weight is 579 g/mol. The van der Waals surface area contributed by atoms with E-state index in [9.17, 15) is 28.8 Å². The molecule has 0 atom stereocenters. The van der Waals surface area contributed by atoms with Crippen LogP contribution in [0.3, 0.4) is 0 Å². The Kier molecular flexibility index (Phi) is 6.90. The molecule has 11 heteroatoms. The fourth-order valence-electron chi connectivity index (χ4n) is 5.23. The minimum Gasteiger partial charge on any atom is -0.492 e. The lowest BCUT2D eigenvalue weighted by molar-refractivity contribution is 0.0567. The summed E-state index contributed by atoms with van der Waals surface area (Å²) >= 11 is 0. The fraction of sp³-hybridized carbons (Fsp3) is 0.125. The summed E-state index contributed by atoms with van der Waals surface area (Å²) in [6, 6.07) is 18.1. The third-order valence-corrected chi connectivity index (χ3v) is 7.35. The number of benzene rings is 4.